The van der Waals surface area contributed by atoms with Crippen LogP contribution in [0.15, 0.2) is 30.3 Å². The molecule has 0 aromatic heterocycles. The van der Waals surface area contributed by atoms with E-state index in [2.05, 4.69) is 31.2 Å². The van der Waals surface area contributed by atoms with Gasteiger partial charge in [0, 0.05) is 12.3 Å². The van der Waals surface area contributed by atoms with Gasteiger partial charge in [0.05, 0.1) is 7.11 Å². The highest BCUT2D eigenvalue weighted by Gasteiger charge is 2.51. The molecule has 2 aromatic rings. The summed E-state index contributed by atoms with van der Waals surface area (Å²) in [4.78, 5) is 11.5. The van der Waals surface area contributed by atoms with Crippen LogP contribution in [-0.2, 0) is 16.0 Å². The lowest BCUT2D eigenvalue weighted by molar-refractivity contribution is -0.152. The molecular formula is C21H24O3. The van der Waals surface area contributed by atoms with E-state index in [1.807, 2.05) is 6.07 Å². The number of ether oxygens (including phenoxy) is 2. The first-order valence-electron chi connectivity index (χ1n) is 8.79. The molecule has 0 amide bonds. The molecule has 126 valence electrons. The van der Waals surface area contributed by atoms with Crippen molar-refractivity contribution in [2.75, 3.05) is 7.11 Å². The third-order valence-electron chi connectivity index (χ3n) is 6.22. The van der Waals surface area contributed by atoms with E-state index >= 15 is 0 Å². The number of hydrogen-bond donors (Lipinski definition) is 0. The van der Waals surface area contributed by atoms with Gasteiger partial charge in [-0.15, -0.1) is 0 Å². The Morgan fingerprint density at radius 1 is 1.21 bits per heavy atom. The van der Waals surface area contributed by atoms with Crippen molar-refractivity contribution in [1.29, 1.82) is 0 Å². The van der Waals surface area contributed by atoms with Crippen molar-refractivity contribution >= 4 is 16.7 Å². The van der Waals surface area contributed by atoms with Gasteiger partial charge in [0.15, 0.2) is 0 Å². The molecule has 0 spiro atoms. The minimum atomic E-state index is -0.154. The van der Waals surface area contributed by atoms with Gasteiger partial charge in [-0.05, 0) is 65.6 Å². The van der Waals surface area contributed by atoms with Crippen molar-refractivity contribution in [3.05, 3.63) is 41.5 Å². The van der Waals surface area contributed by atoms with Crippen molar-refractivity contribution in [3.8, 4) is 5.75 Å². The van der Waals surface area contributed by atoms with Crippen LogP contribution in [0.3, 0.4) is 0 Å². The molecule has 2 aliphatic carbocycles. The topological polar surface area (TPSA) is 35.5 Å². The van der Waals surface area contributed by atoms with Crippen LogP contribution >= 0.6 is 0 Å². The zero-order valence-corrected chi connectivity index (χ0v) is 14.6. The molecule has 1 saturated carbocycles. The third kappa shape index (κ3) is 2.21. The summed E-state index contributed by atoms with van der Waals surface area (Å²) in [6.45, 7) is 3.83. The van der Waals surface area contributed by atoms with Crippen molar-refractivity contribution in [3.63, 3.8) is 0 Å². The molecule has 0 N–H and O–H groups in total. The largest absolute Gasteiger partial charge is 0.497 e. The third-order valence-corrected chi connectivity index (χ3v) is 6.22. The standard InChI is InChI=1S/C21H24O3/c1-13(22)24-20-9-8-19-18-6-4-14-12-15(23-3)5-7-16(14)17(18)10-11-21(19,20)2/h4-7,12,19-20H,8-11H2,1-3H3. The zero-order chi connectivity index (χ0) is 16.9. The second-order valence-electron chi connectivity index (χ2n) is 7.45. The predicted molar refractivity (Wildman–Crippen MR) is 94.5 cm³/mol. The zero-order valence-electron chi connectivity index (χ0n) is 14.6. The average molecular weight is 324 g/mol. The van der Waals surface area contributed by atoms with Crippen LogP contribution in [-0.4, -0.2) is 19.2 Å². The molecule has 0 bridgehead atoms. The van der Waals surface area contributed by atoms with Crippen molar-refractivity contribution in [2.24, 2.45) is 5.41 Å². The highest BCUT2D eigenvalue weighted by Crippen LogP contribution is 2.57. The molecule has 0 radical (unpaired) electrons. The molecule has 3 heteroatoms. The smallest absolute Gasteiger partial charge is 0.302 e. The quantitative estimate of drug-likeness (QED) is 0.757. The van der Waals surface area contributed by atoms with Gasteiger partial charge in [-0.2, -0.15) is 0 Å². The molecule has 3 unspecified atom stereocenters. The number of methoxy groups -OCH3 is 1. The van der Waals surface area contributed by atoms with Crippen LogP contribution in [0.5, 0.6) is 5.75 Å². The Morgan fingerprint density at radius 2 is 2.04 bits per heavy atom. The first kappa shape index (κ1) is 15.5. The summed E-state index contributed by atoms with van der Waals surface area (Å²) in [6, 6.07) is 10.8. The van der Waals surface area contributed by atoms with E-state index in [1.165, 1.54) is 28.8 Å². The van der Waals surface area contributed by atoms with Gasteiger partial charge in [0.1, 0.15) is 11.9 Å². The summed E-state index contributed by atoms with van der Waals surface area (Å²) < 4.78 is 11.0. The summed E-state index contributed by atoms with van der Waals surface area (Å²) in [5, 5.41) is 2.58. The predicted octanol–water partition coefficient (Wildman–Crippen LogP) is 4.61. The van der Waals surface area contributed by atoms with E-state index in [0.29, 0.717) is 5.92 Å². The van der Waals surface area contributed by atoms with Gasteiger partial charge >= 0.3 is 5.97 Å². The fourth-order valence-corrected chi connectivity index (χ4v) is 4.96. The van der Waals surface area contributed by atoms with Crippen LogP contribution in [0.25, 0.3) is 10.8 Å². The minimum absolute atomic E-state index is 0.0553. The molecule has 3 nitrogen and oxygen atoms in total. The minimum Gasteiger partial charge on any atom is -0.497 e. The number of benzene rings is 2. The van der Waals surface area contributed by atoms with Gasteiger partial charge in [-0.25, -0.2) is 0 Å². The van der Waals surface area contributed by atoms with Crippen molar-refractivity contribution < 1.29 is 14.3 Å². The summed E-state index contributed by atoms with van der Waals surface area (Å²) in [5.74, 6) is 1.23. The summed E-state index contributed by atoms with van der Waals surface area (Å²) in [7, 11) is 1.71. The van der Waals surface area contributed by atoms with Crippen LogP contribution in [0.1, 0.15) is 50.2 Å². The summed E-state index contributed by atoms with van der Waals surface area (Å²) >= 11 is 0. The van der Waals surface area contributed by atoms with Crippen LogP contribution in [0, 0.1) is 5.41 Å². The van der Waals surface area contributed by atoms with E-state index in [1.54, 1.807) is 7.11 Å². The molecule has 0 saturated heterocycles. The number of esters is 1. The molecule has 4 rings (SSSR count). The summed E-state index contributed by atoms with van der Waals surface area (Å²) in [6.07, 6.45) is 4.25. The van der Waals surface area contributed by atoms with E-state index in [-0.39, 0.29) is 17.5 Å². The van der Waals surface area contributed by atoms with Crippen LogP contribution in [0.2, 0.25) is 0 Å². The molecule has 2 aliphatic rings. The Bertz CT molecular complexity index is 810. The number of carbonyl (C=O) groups excluding carboxylic acids is 1. The molecule has 1 fully saturated rings. The number of fused-ring (bicyclic) bond motifs is 5. The Balaban J connectivity index is 1.78. The molecule has 3 atom stereocenters. The second kappa shape index (κ2) is 5.51. The number of aryl methyl sites for hydroxylation is 1. The maximum atomic E-state index is 11.5. The average Bonchev–Trinajstić information content (AvgIpc) is 2.90. The SMILES string of the molecule is COc1ccc2c3c(ccc2c1)C1CCC(OC(C)=O)C1(C)CC3. The number of carbonyl (C=O) groups is 1. The fraction of sp³-hybridized carbons (Fsp3) is 0.476. The first-order chi connectivity index (χ1) is 11.5. The van der Waals surface area contributed by atoms with E-state index in [0.717, 1.165) is 31.4 Å². The maximum absolute atomic E-state index is 11.5. The molecular weight excluding hydrogens is 300 g/mol. The first-order valence-corrected chi connectivity index (χ1v) is 8.79. The van der Waals surface area contributed by atoms with Gasteiger partial charge in [0.25, 0.3) is 0 Å². The highest BCUT2D eigenvalue weighted by atomic mass is 16.5. The summed E-state index contributed by atoms with van der Waals surface area (Å²) in [5.41, 5.74) is 3.00. The number of rotatable bonds is 2. The Morgan fingerprint density at radius 3 is 2.79 bits per heavy atom. The molecule has 0 heterocycles. The fourth-order valence-electron chi connectivity index (χ4n) is 4.96. The van der Waals surface area contributed by atoms with Gasteiger partial charge < -0.3 is 9.47 Å². The number of hydrogen-bond acceptors (Lipinski definition) is 3. The van der Waals surface area contributed by atoms with E-state index in [9.17, 15) is 4.79 Å². The van der Waals surface area contributed by atoms with Crippen LogP contribution in [0.4, 0.5) is 0 Å². The van der Waals surface area contributed by atoms with Gasteiger partial charge in [-0.3, -0.25) is 4.79 Å². The monoisotopic (exact) mass is 324 g/mol. The van der Waals surface area contributed by atoms with Crippen molar-refractivity contribution in [2.45, 2.75) is 51.6 Å². The van der Waals surface area contributed by atoms with Gasteiger partial charge in [0.2, 0.25) is 0 Å². The Hall–Kier alpha value is -2.03. The van der Waals surface area contributed by atoms with E-state index < -0.39 is 0 Å². The van der Waals surface area contributed by atoms with E-state index in [4.69, 9.17) is 9.47 Å². The molecule has 2 aromatic carbocycles. The highest BCUT2D eigenvalue weighted by molar-refractivity contribution is 5.88. The van der Waals surface area contributed by atoms with Crippen molar-refractivity contribution in [1.82, 2.24) is 0 Å². The lowest BCUT2D eigenvalue weighted by Gasteiger charge is -2.41. The molecule has 24 heavy (non-hydrogen) atoms. The Labute approximate surface area is 143 Å². The Kier molecular flexibility index (Phi) is 3.56. The lowest BCUT2D eigenvalue weighted by atomic mass is 9.65. The maximum Gasteiger partial charge on any atom is 0.302 e. The normalized spacial score (nSPS) is 28.3. The second-order valence-corrected chi connectivity index (χ2v) is 7.45. The molecule has 0 aliphatic heterocycles. The van der Waals surface area contributed by atoms with Crippen LogP contribution < -0.4 is 4.74 Å². The van der Waals surface area contributed by atoms with Gasteiger partial charge in [-0.1, -0.05) is 25.1 Å². The lowest BCUT2D eigenvalue weighted by Crippen LogP contribution is -2.37.